The van der Waals surface area contributed by atoms with Gasteiger partial charge in [-0.1, -0.05) is 0 Å². The smallest absolute Gasteiger partial charge is 0.303 e. The Morgan fingerprint density at radius 1 is 0.652 bits per heavy atom. The monoisotopic (exact) mass is 330 g/mol. The minimum Gasteiger partial charge on any atom is -0.481 e. The Bertz CT molecular complexity index is 253. The number of hydrogen-bond acceptors (Lipinski definition) is 5. The van der Waals surface area contributed by atoms with Crippen molar-refractivity contribution in [3.8, 4) is 0 Å². The molecule has 0 aromatic heterocycles. The number of aliphatic carboxylic acids is 1. The van der Waals surface area contributed by atoms with E-state index in [4.69, 9.17) is 10.8 Å². The summed E-state index contributed by atoms with van der Waals surface area (Å²) < 4.78 is 0. The van der Waals surface area contributed by atoms with Crippen molar-refractivity contribution in [3.63, 3.8) is 0 Å². The van der Waals surface area contributed by atoms with Crippen molar-refractivity contribution in [2.75, 3.05) is 45.8 Å². The van der Waals surface area contributed by atoms with Gasteiger partial charge in [-0.2, -0.15) is 0 Å². The first-order valence-corrected chi connectivity index (χ1v) is 9.31. The van der Waals surface area contributed by atoms with Crippen LogP contribution in [0.25, 0.3) is 0 Å². The molecule has 0 fully saturated rings. The van der Waals surface area contributed by atoms with Crippen molar-refractivity contribution in [1.82, 2.24) is 16.0 Å². The standard InChI is InChI=1S/C17H38N4O2/c18-10-2-4-12-20-14-6-8-16-21-15-7-5-13-19-11-3-1-9-17(22)23/h19-21H,1-16,18H2,(H,22,23). The van der Waals surface area contributed by atoms with E-state index < -0.39 is 5.97 Å². The molecule has 0 aromatic rings. The van der Waals surface area contributed by atoms with E-state index in [2.05, 4.69) is 16.0 Å². The second-order valence-corrected chi connectivity index (χ2v) is 6.01. The third kappa shape index (κ3) is 21.3. The Balaban J connectivity index is 2.96. The molecule has 23 heavy (non-hydrogen) atoms. The summed E-state index contributed by atoms with van der Waals surface area (Å²) in [5.41, 5.74) is 5.45. The van der Waals surface area contributed by atoms with Crippen LogP contribution >= 0.6 is 0 Å². The fraction of sp³-hybridized carbons (Fsp3) is 0.941. The zero-order valence-electron chi connectivity index (χ0n) is 14.7. The lowest BCUT2D eigenvalue weighted by atomic mass is 10.2. The van der Waals surface area contributed by atoms with Crippen molar-refractivity contribution >= 4 is 5.97 Å². The lowest BCUT2D eigenvalue weighted by Crippen LogP contribution is -2.22. The van der Waals surface area contributed by atoms with Gasteiger partial charge in [-0.3, -0.25) is 4.79 Å². The topological polar surface area (TPSA) is 99.4 Å². The maximum Gasteiger partial charge on any atom is 0.303 e. The fourth-order valence-electron chi connectivity index (χ4n) is 2.30. The number of nitrogens with one attached hydrogen (secondary N) is 3. The molecule has 138 valence electrons. The lowest BCUT2D eigenvalue weighted by molar-refractivity contribution is -0.137. The van der Waals surface area contributed by atoms with E-state index in [0.29, 0.717) is 0 Å². The highest BCUT2D eigenvalue weighted by Crippen LogP contribution is 1.94. The van der Waals surface area contributed by atoms with Gasteiger partial charge in [-0.25, -0.2) is 0 Å². The van der Waals surface area contributed by atoms with Gasteiger partial charge in [0.1, 0.15) is 0 Å². The van der Waals surface area contributed by atoms with Crippen molar-refractivity contribution in [2.24, 2.45) is 5.73 Å². The van der Waals surface area contributed by atoms with Crippen LogP contribution in [-0.2, 0) is 4.79 Å². The Kier molecular flexibility index (Phi) is 18.8. The van der Waals surface area contributed by atoms with Gasteiger partial charge in [-0.05, 0) is 97.2 Å². The van der Waals surface area contributed by atoms with Gasteiger partial charge in [0.05, 0.1) is 0 Å². The van der Waals surface area contributed by atoms with Crippen LogP contribution in [0.4, 0.5) is 0 Å². The molecule has 0 aliphatic heterocycles. The molecule has 0 aliphatic rings. The van der Waals surface area contributed by atoms with Crippen molar-refractivity contribution in [1.29, 1.82) is 0 Å². The molecular weight excluding hydrogens is 292 g/mol. The average Bonchev–Trinajstić information content (AvgIpc) is 2.53. The van der Waals surface area contributed by atoms with E-state index in [1.54, 1.807) is 0 Å². The van der Waals surface area contributed by atoms with Crippen LogP contribution < -0.4 is 21.7 Å². The first-order chi connectivity index (χ1) is 11.3. The van der Waals surface area contributed by atoms with E-state index in [0.717, 1.165) is 65.1 Å². The number of rotatable bonds is 19. The minimum absolute atomic E-state index is 0.287. The van der Waals surface area contributed by atoms with Crippen molar-refractivity contribution < 1.29 is 9.90 Å². The zero-order chi connectivity index (χ0) is 17.0. The highest BCUT2D eigenvalue weighted by atomic mass is 16.4. The molecule has 0 unspecified atom stereocenters. The summed E-state index contributed by atoms with van der Waals surface area (Å²) in [6, 6.07) is 0. The molecule has 6 heteroatoms. The number of nitrogens with two attached hydrogens (primary N) is 1. The number of carbonyl (C=O) groups is 1. The normalized spacial score (nSPS) is 11.0. The molecule has 0 amide bonds. The van der Waals surface area contributed by atoms with Crippen LogP contribution in [0.3, 0.4) is 0 Å². The fourth-order valence-corrected chi connectivity index (χ4v) is 2.30. The molecule has 6 N–H and O–H groups in total. The zero-order valence-corrected chi connectivity index (χ0v) is 14.7. The van der Waals surface area contributed by atoms with Gasteiger partial charge in [-0.15, -0.1) is 0 Å². The van der Waals surface area contributed by atoms with Gasteiger partial charge in [0.25, 0.3) is 0 Å². The van der Waals surface area contributed by atoms with Crippen LogP contribution in [0.5, 0.6) is 0 Å². The van der Waals surface area contributed by atoms with Crippen molar-refractivity contribution in [2.45, 2.75) is 57.8 Å². The van der Waals surface area contributed by atoms with Gasteiger partial charge < -0.3 is 26.8 Å². The van der Waals surface area contributed by atoms with Gasteiger partial charge >= 0.3 is 5.97 Å². The Labute approximate surface area is 142 Å². The van der Waals surface area contributed by atoms with Gasteiger partial charge in [0, 0.05) is 6.42 Å². The molecule has 0 saturated heterocycles. The molecule has 0 radical (unpaired) electrons. The van der Waals surface area contributed by atoms with E-state index in [1.165, 1.54) is 32.1 Å². The van der Waals surface area contributed by atoms with Gasteiger partial charge in [0.15, 0.2) is 0 Å². The summed E-state index contributed by atoms with van der Waals surface area (Å²) >= 11 is 0. The summed E-state index contributed by atoms with van der Waals surface area (Å²) in [6.45, 7) is 7.15. The molecule has 0 heterocycles. The van der Waals surface area contributed by atoms with Crippen LogP contribution in [0.2, 0.25) is 0 Å². The molecule has 0 atom stereocenters. The predicted molar refractivity (Wildman–Crippen MR) is 96.9 cm³/mol. The van der Waals surface area contributed by atoms with Crippen molar-refractivity contribution in [3.05, 3.63) is 0 Å². The highest BCUT2D eigenvalue weighted by Gasteiger charge is 1.96. The summed E-state index contributed by atoms with van der Waals surface area (Å²) in [6.07, 6.45) is 9.13. The SMILES string of the molecule is NCCCCNCCCCNCCCCNCCCCC(=O)O. The first kappa shape index (κ1) is 22.3. The molecule has 0 spiro atoms. The molecule has 0 bridgehead atoms. The number of carboxylic acid groups (broad SMARTS) is 1. The molecule has 0 aliphatic carbocycles. The second kappa shape index (κ2) is 19.4. The lowest BCUT2D eigenvalue weighted by Gasteiger charge is -2.07. The largest absolute Gasteiger partial charge is 0.481 e. The maximum absolute atomic E-state index is 10.3. The maximum atomic E-state index is 10.3. The van der Waals surface area contributed by atoms with E-state index in [9.17, 15) is 4.79 Å². The molecule has 6 nitrogen and oxygen atoms in total. The number of hydrogen-bond donors (Lipinski definition) is 5. The summed E-state index contributed by atoms with van der Waals surface area (Å²) in [5.74, 6) is -0.696. The van der Waals surface area contributed by atoms with E-state index >= 15 is 0 Å². The molecule has 0 saturated carbocycles. The summed E-state index contributed by atoms with van der Waals surface area (Å²) in [4.78, 5) is 10.3. The Morgan fingerprint density at radius 3 is 1.35 bits per heavy atom. The average molecular weight is 331 g/mol. The third-order valence-corrected chi connectivity index (χ3v) is 3.72. The quantitative estimate of drug-likeness (QED) is 0.229. The number of unbranched alkanes of at least 4 members (excludes halogenated alkanes) is 4. The number of carboxylic acids is 1. The molecular formula is C17H38N4O2. The van der Waals surface area contributed by atoms with Crippen LogP contribution in [0.15, 0.2) is 0 Å². The molecule has 0 rings (SSSR count). The van der Waals surface area contributed by atoms with Crippen LogP contribution in [-0.4, -0.2) is 56.9 Å². The van der Waals surface area contributed by atoms with Crippen LogP contribution in [0.1, 0.15) is 57.8 Å². The second-order valence-electron chi connectivity index (χ2n) is 6.01. The minimum atomic E-state index is -0.696. The first-order valence-electron chi connectivity index (χ1n) is 9.31. The highest BCUT2D eigenvalue weighted by molar-refractivity contribution is 5.66. The molecule has 0 aromatic carbocycles. The van der Waals surface area contributed by atoms with Gasteiger partial charge in [0.2, 0.25) is 0 Å². The summed E-state index contributed by atoms with van der Waals surface area (Å²) in [5, 5.41) is 18.8. The Morgan fingerprint density at radius 2 is 1.00 bits per heavy atom. The third-order valence-electron chi connectivity index (χ3n) is 3.72. The van der Waals surface area contributed by atoms with E-state index in [1.807, 2.05) is 0 Å². The Hall–Kier alpha value is -0.690. The predicted octanol–water partition coefficient (Wildman–Crippen LogP) is 1.31. The van der Waals surface area contributed by atoms with Crippen LogP contribution in [0, 0.1) is 0 Å². The summed E-state index contributed by atoms with van der Waals surface area (Å²) in [7, 11) is 0. The van der Waals surface area contributed by atoms with E-state index in [-0.39, 0.29) is 6.42 Å².